The summed E-state index contributed by atoms with van der Waals surface area (Å²) < 4.78 is 0. The van der Waals surface area contributed by atoms with Crippen LogP contribution in [0.15, 0.2) is 59.8 Å². The first-order valence-electron chi connectivity index (χ1n) is 10.9. The van der Waals surface area contributed by atoms with E-state index in [0.29, 0.717) is 0 Å². The topological polar surface area (TPSA) is 29.4 Å². The van der Waals surface area contributed by atoms with Crippen LogP contribution in [0.3, 0.4) is 0 Å². The van der Waals surface area contributed by atoms with Crippen molar-refractivity contribution in [2.75, 3.05) is 12.8 Å². The van der Waals surface area contributed by atoms with Crippen LogP contribution in [-0.4, -0.2) is 12.8 Å². The summed E-state index contributed by atoms with van der Waals surface area (Å²) in [5, 5.41) is 2.25. The second-order valence-corrected chi connectivity index (χ2v) is 6.92. The summed E-state index contributed by atoms with van der Waals surface area (Å²) in [5.74, 6) is 1.90. The van der Waals surface area contributed by atoms with Gasteiger partial charge in [-0.2, -0.15) is 17.5 Å². The summed E-state index contributed by atoms with van der Waals surface area (Å²) in [6.07, 6.45) is 21.0. The van der Waals surface area contributed by atoms with E-state index in [1.165, 1.54) is 70.4 Å². The average Bonchev–Trinajstić information content (AvgIpc) is 3.25. The number of nitrogens with zero attached hydrogens (tertiary/aromatic N) is 1. The molecule has 0 unspecified atom stereocenters. The highest BCUT2D eigenvalue weighted by molar-refractivity contribution is 7.80. The summed E-state index contributed by atoms with van der Waals surface area (Å²) in [6, 6.07) is 10.8. The van der Waals surface area contributed by atoms with Crippen LogP contribution in [0.4, 0.5) is 0 Å². The number of nitroso groups, excluding NO2 is 1. The molecule has 2 nitrogen and oxygen atoms in total. The molecule has 1 aromatic carbocycles. The summed E-state index contributed by atoms with van der Waals surface area (Å²) >= 11 is 4.06. The molecule has 0 spiro atoms. The van der Waals surface area contributed by atoms with Crippen LogP contribution < -0.4 is 0 Å². The largest absolute Gasteiger partial charge is 0.179 e. The van der Waals surface area contributed by atoms with Crippen molar-refractivity contribution in [2.24, 2.45) is 11.1 Å². The molecule has 1 saturated carbocycles. The van der Waals surface area contributed by atoms with E-state index in [4.69, 9.17) is 4.91 Å². The van der Waals surface area contributed by atoms with E-state index in [2.05, 4.69) is 72.4 Å². The first kappa shape index (κ1) is 28.9. The van der Waals surface area contributed by atoms with Crippen molar-refractivity contribution < 1.29 is 0 Å². The zero-order valence-corrected chi connectivity index (χ0v) is 19.5. The summed E-state index contributed by atoms with van der Waals surface area (Å²) in [6.45, 7) is 6.04. The molecule has 28 heavy (non-hydrogen) atoms. The Morgan fingerprint density at radius 1 is 1.04 bits per heavy atom. The average molecular weight is 406 g/mol. The quantitative estimate of drug-likeness (QED) is 0.200. The number of allylic oxidation sites excluding steroid dienone is 4. The molecule has 160 valence electrons. The molecule has 0 saturated heterocycles. The molecular weight excluding hydrogens is 362 g/mol. The second kappa shape index (κ2) is 25.6. The third-order valence-electron chi connectivity index (χ3n) is 4.25. The highest BCUT2D eigenvalue weighted by Gasteiger charge is 2.10. The summed E-state index contributed by atoms with van der Waals surface area (Å²) in [5.41, 5.74) is 1.47. The van der Waals surface area contributed by atoms with Crippen LogP contribution in [0.2, 0.25) is 0 Å². The third-order valence-corrected chi connectivity index (χ3v) is 4.57. The molecule has 2 rings (SSSR count). The van der Waals surface area contributed by atoms with Crippen LogP contribution >= 0.6 is 12.6 Å². The van der Waals surface area contributed by atoms with Gasteiger partial charge in [0, 0.05) is 0 Å². The van der Waals surface area contributed by atoms with Gasteiger partial charge in [0.05, 0.1) is 7.05 Å². The van der Waals surface area contributed by atoms with Gasteiger partial charge in [0.15, 0.2) is 0 Å². The normalized spacial score (nSPS) is 13.2. The number of unbranched alkanes of at least 4 members (excludes halogenated alkanes) is 2. The van der Waals surface area contributed by atoms with Gasteiger partial charge in [0.1, 0.15) is 0 Å². The van der Waals surface area contributed by atoms with Crippen molar-refractivity contribution in [3.05, 3.63) is 65.1 Å². The molecule has 0 N–H and O–H groups in total. The van der Waals surface area contributed by atoms with Crippen LogP contribution in [0.5, 0.6) is 0 Å². The minimum atomic E-state index is 0.900. The molecule has 1 aliphatic rings. The molecular formula is C25H43NOS. The predicted molar refractivity (Wildman–Crippen MR) is 131 cm³/mol. The van der Waals surface area contributed by atoms with Crippen LogP contribution in [0.1, 0.15) is 77.7 Å². The molecule has 0 atom stereocenters. The van der Waals surface area contributed by atoms with Gasteiger partial charge in [-0.3, -0.25) is 0 Å². The molecule has 3 heteroatoms. The predicted octanol–water partition coefficient (Wildman–Crippen LogP) is 8.44. The smallest absolute Gasteiger partial charge is 0.0700 e. The van der Waals surface area contributed by atoms with Crippen molar-refractivity contribution in [3.8, 4) is 0 Å². The van der Waals surface area contributed by atoms with Gasteiger partial charge in [-0.25, -0.2) is 0 Å². The summed E-state index contributed by atoms with van der Waals surface area (Å²) in [4.78, 5) is 8.56. The van der Waals surface area contributed by atoms with Crippen molar-refractivity contribution >= 4 is 12.6 Å². The van der Waals surface area contributed by atoms with Crippen molar-refractivity contribution in [1.82, 2.24) is 0 Å². The molecule has 0 amide bonds. The van der Waals surface area contributed by atoms with Gasteiger partial charge in [-0.05, 0) is 69.1 Å². The maximum absolute atomic E-state index is 8.56. The number of hydrogen-bond acceptors (Lipinski definition) is 3. The highest BCUT2D eigenvalue weighted by atomic mass is 32.1. The first-order valence-corrected chi connectivity index (χ1v) is 11.6. The van der Waals surface area contributed by atoms with E-state index < -0.39 is 0 Å². The molecule has 0 aliphatic heterocycles. The minimum absolute atomic E-state index is 0.900. The maximum atomic E-state index is 8.56. The standard InChI is InChI=1S/C16H22.C6H12S.C2H6.CH3NO/c1-3-9-15(10-4-1)11-5-2-6-12-16-13-7-8-14-16;1-2-3-4-5-6-7;1-2;1-2-3/h1,3-4,6,9-10,12,16H,2,5,7-8,11,13-14H2;2-3,7H,4-6H2,1H3;1-2H3;1H3/b12-6+;3-2+;;. The van der Waals surface area contributed by atoms with Crippen LogP contribution in [0.25, 0.3) is 0 Å². The Hall–Kier alpha value is -1.35. The van der Waals surface area contributed by atoms with Crippen molar-refractivity contribution in [1.29, 1.82) is 0 Å². The van der Waals surface area contributed by atoms with Crippen LogP contribution in [0, 0.1) is 10.8 Å². The number of thiol groups is 1. The minimum Gasteiger partial charge on any atom is -0.179 e. The number of hydrogen-bond donors (Lipinski definition) is 1. The van der Waals surface area contributed by atoms with Crippen LogP contribution in [-0.2, 0) is 6.42 Å². The highest BCUT2D eigenvalue weighted by Crippen LogP contribution is 2.25. The van der Waals surface area contributed by atoms with Gasteiger partial charge >= 0.3 is 0 Å². The lowest BCUT2D eigenvalue weighted by atomic mass is 10.1. The molecule has 0 heterocycles. The first-order chi connectivity index (χ1) is 13.8. The Labute approximate surface area is 180 Å². The molecule has 1 fully saturated rings. The fourth-order valence-corrected chi connectivity index (χ4v) is 3.07. The number of aryl methyl sites for hydroxylation is 1. The lowest BCUT2D eigenvalue weighted by molar-refractivity contribution is 0.680. The van der Waals surface area contributed by atoms with E-state index in [9.17, 15) is 0 Å². The van der Waals surface area contributed by atoms with E-state index in [1.807, 2.05) is 20.8 Å². The maximum Gasteiger partial charge on any atom is 0.0700 e. The molecule has 1 aliphatic carbocycles. The number of benzene rings is 1. The Morgan fingerprint density at radius 3 is 2.14 bits per heavy atom. The third kappa shape index (κ3) is 21.0. The van der Waals surface area contributed by atoms with E-state index in [0.717, 1.165) is 11.7 Å². The lowest BCUT2D eigenvalue weighted by Gasteiger charge is -2.01. The Balaban J connectivity index is 0. The van der Waals surface area contributed by atoms with Crippen molar-refractivity contribution in [2.45, 2.75) is 78.6 Å². The Morgan fingerprint density at radius 2 is 1.61 bits per heavy atom. The lowest BCUT2D eigenvalue weighted by Crippen LogP contribution is -1.86. The molecule has 1 aromatic rings. The monoisotopic (exact) mass is 405 g/mol. The Bertz CT molecular complexity index is 465. The summed E-state index contributed by atoms with van der Waals surface area (Å²) in [7, 11) is 1.19. The fraction of sp³-hybridized carbons (Fsp3) is 0.600. The number of rotatable bonds is 8. The van der Waals surface area contributed by atoms with E-state index in [-0.39, 0.29) is 0 Å². The van der Waals surface area contributed by atoms with E-state index >= 15 is 0 Å². The van der Waals surface area contributed by atoms with Gasteiger partial charge in [-0.1, -0.05) is 86.5 Å². The zero-order chi connectivity index (χ0) is 21.3. The second-order valence-electron chi connectivity index (χ2n) is 6.47. The zero-order valence-electron chi connectivity index (χ0n) is 18.6. The van der Waals surface area contributed by atoms with Crippen molar-refractivity contribution in [3.63, 3.8) is 0 Å². The van der Waals surface area contributed by atoms with Gasteiger partial charge in [0.25, 0.3) is 0 Å². The van der Waals surface area contributed by atoms with Gasteiger partial charge < -0.3 is 0 Å². The molecule has 0 bridgehead atoms. The van der Waals surface area contributed by atoms with Gasteiger partial charge in [-0.15, -0.1) is 0 Å². The van der Waals surface area contributed by atoms with E-state index in [1.54, 1.807) is 0 Å². The van der Waals surface area contributed by atoms with Gasteiger partial charge in [0.2, 0.25) is 0 Å². The SMILES string of the molecule is C(=C\C1CCCC1)/CCCc1ccccc1.C/C=C/CCCS.CC.CN=O. The Kier molecular flexibility index (Phi) is 26.4. The molecule has 0 radical (unpaired) electrons. The molecule has 0 aromatic heterocycles. The fourth-order valence-electron chi connectivity index (χ4n) is 2.88.